The zero-order chi connectivity index (χ0) is 19.8. The van der Waals surface area contributed by atoms with Gasteiger partial charge in [-0.25, -0.2) is 4.98 Å². The average Bonchev–Trinajstić information content (AvgIpc) is 3.35. The summed E-state index contributed by atoms with van der Waals surface area (Å²) in [5, 5.41) is 12.0. The number of amides is 1. The van der Waals surface area contributed by atoms with Crippen molar-refractivity contribution in [1.82, 2.24) is 25.1 Å². The molecule has 1 amide bonds. The first-order valence-corrected chi connectivity index (χ1v) is 10.5. The Hall–Kier alpha value is -2.52. The van der Waals surface area contributed by atoms with Gasteiger partial charge in [-0.05, 0) is 36.2 Å². The first-order valence-electron chi connectivity index (χ1n) is 9.21. The molecule has 0 unspecified atom stereocenters. The molecule has 0 aromatic carbocycles. The molecule has 0 radical (unpaired) electrons. The van der Waals surface area contributed by atoms with Gasteiger partial charge in [-0.15, -0.1) is 11.3 Å². The summed E-state index contributed by atoms with van der Waals surface area (Å²) in [6, 6.07) is 7.69. The van der Waals surface area contributed by atoms with Crippen LogP contribution in [0.1, 0.15) is 31.7 Å². The SMILES string of the molecule is CCCCOc1ncccc1CNC(=O)CCn1c(-c2cccs2)n[nH]c1=S. The number of thiophene rings is 1. The van der Waals surface area contributed by atoms with Crippen LogP contribution >= 0.6 is 23.6 Å². The van der Waals surface area contributed by atoms with Crippen LogP contribution in [0, 0.1) is 4.77 Å². The van der Waals surface area contributed by atoms with Crippen LogP contribution in [0.2, 0.25) is 0 Å². The highest BCUT2D eigenvalue weighted by Gasteiger charge is 2.12. The number of hydrogen-bond donors (Lipinski definition) is 2. The van der Waals surface area contributed by atoms with Gasteiger partial charge in [0.15, 0.2) is 10.6 Å². The number of rotatable bonds is 10. The molecule has 3 aromatic heterocycles. The molecular formula is C19H23N5O2S2. The fraction of sp³-hybridized carbons (Fsp3) is 0.368. The normalized spacial score (nSPS) is 10.8. The van der Waals surface area contributed by atoms with Crippen molar-refractivity contribution in [2.75, 3.05) is 6.61 Å². The highest BCUT2D eigenvalue weighted by atomic mass is 32.1. The van der Waals surface area contributed by atoms with Crippen LogP contribution in [0.15, 0.2) is 35.8 Å². The molecule has 3 heterocycles. The number of H-pyrrole nitrogens is 1. The number of carbonyl (C=O) groups is 1. The van der Waals surface area contributed by atoms with E-state index in [1.54, 1.807) is 17.5 Å². The van der Waals surface area contributed by atoms with E-state index in [1.807, 2.05) is 34.2 Å². The van der Waals surface area contributed by atoms with Crippen LogP contribution < -0.4 is 10.1 Å². The lowest BCUT2D eigenvalue weighted by Crippen LogP contribution is -2.24. The quantitative estimate of drug-likeness (QED) is 0.385. The molecule has 0 bridgehead atoms. The summed E-state index contributed by atoms with van der Waals surface area (Å²) in [7, 11) is 0. The standard InChI is InChI=1S/C19H23N5O2S2/c1-2-3-11-26-18-14(6-4-9-20-18)13-21-16(25)8-10-24-17(22-23-19(24)27)15-7-5-12-28-15/h4-7,9,12H,2-3,8,10-11,13H2,1H3,(H,21,25)(H,23,27). The van der Waals surface area contributed by atoms with Crippen LogP contribution in [-0.2, 0) is 17.9 Å². The second kappa shape index (κ2) is 10.1. The van der Waals surface area contributed by atoms with Gasteiger partial charge >= 0.3 is 0 Å². The minimum absolute atomic E-state index is 0.0661. The van der Waals surface area contributed by atoms with E-state index in [4.69, 9.17) is 17.0 Å². The highest BCUT2D eigenvalue weighted by molar-refractivity contribution is 7.71. The molecule has 0 fully saturated rings. The molecule has 9 heteroatoms. The topological polar surface area (TPSA) is 84.8 Å². The monoisotopic (exact) mass is 417 g/mol. The number of unbranched alkanes of at least 4 members (excludes halogenated alkanes) is 1. The molecule has 2 N–H and O–H groups in total. The van der Waals surface area contributed by atoms with Gasteiger partial charge < -0.3 is 10.1 Å². The number of ether oxygens (including phenoxy) is 1. The van der Waals surface area contributed by atoms with Crippen LogP contribution in [0.3, 0.4) is 0 Å². The van der Waals surface area contributed by atoms with Crippen molar-refractivity contribution in [3.05, 3.63) is 46.2 Å². The lowest BCUT2D eigenvalue weighted by molar-refractivity contribution is -0.121. The largest absolute Gasteiger partial charge is 0.477 e. The van der Waals surface area contributed by atoms with Gasteiger partial charge in [-0.1, -0.05) is 25.5 Å². The number of aromatic amines is 1. The molecule has 7 nitrogen and oxygen atoms in total. The maximum Gasteiger partial charge on any atom is 0.222 e. The fourth-order valence-corrected chi connectivity index (χ4v) is 3.56. The second-order valence-corrected chi connectivity index (χ2v) is 7.51. The van der Waals surface area contributed by atoms with Crippen molar-refractivity contribution in [3.8, 4) is 16.6 Å². The zero-order valence-corrected chi connectivity index (χ0v) is 17.3. The van der Waals surface area contributed by atoms with E-state index >= 15 is 0 Å². The molecule has 28 heavy (non-hydrogen) atoms. The van der Waals surface area contributed by atoms with Crippen molar-refractivity contribution >= 4 is 29.5 Å². The van der Waals surface area contributed by atoms with Crippen molar-refractivity contribution in [2.45, 2.75) is 39.3 Å². The number of aromatic nitrogens is 4. The van der Waals surface area contributed by atoms with E-state index < -0.39 is 0 Å². The third kappa shape index (κ3) is 5.26. The number of pyridine rings is 1. The molecule has 3 aromatic rings. The molecule has 0 aliphatic heterocycles. The van der Waals surface area contributed by atoms with Gasteiger partial charge in [-0.2, -0.15) is 5.10 Å². The predicted octanol–water partition coefficient (Wildman–Crippen LogP) is 3.95. The summed E-state index contributed by atoms with van der Waals surface area (Å²) in [5.74, 6) is 1.27. The summed E-state index contributed by atoms with van der Waals surface area (Å²) in [6.45, 7) is 3.57. The lowest BCUT2D eigenvalue weighted by Gasteiger charge is -2.11. The zero-order valence-electron chi connectivity index (χ0n) is 15.7. The molecule has 0 saturated carbocycles. The molecule has 148 valence electrons. The van der Waals surface area contributed by atoms with E-state index in [1.165, 1.54) is 0 Å². The number of hydrogen-bond acceptors (Lipinski definition) is 6. The number of nitrogens with zero attached hydrogens (tertiary/aromatic N) is 3. The van der Waals surface area contributed by atoms with Crippen molar-refractivity contribution < 1.29 is 9.53 Å². The van der Waals surface area contributed by atoms with Gasteiger partial charge in [0.1, 0.15) is 0 Å². The van der Waals surface area contributed by atoms with Gasteiger partial charge in [0, 0.05) is 31.3 Å². The van der Waals surface area contributed by atoms with Gasteiger partial charge in [0.25, 0.3) is 0 Å². The Morgan fingerprint density at radius 3 is 3.07 bits per heavy atom. The van der Waals surface area contributed by atoms with E-state index in [9.17, 15) is 4.79 Å². The maximum atomic E-state index is 12.3. The minimum Gasteiger partial charge on any atom is -0.477 e. The van der Waals surface area contributed by atoms with E-state index in [2.05, 4.69) is 27.4 Å². The van der Waals surface area contributed by atoms with Crippen LogP contribution in [-0.4, -0.2) is 32.3 Å². The van der Waals surface area contributed by atoms with Crippen LogP contribution in [0.25, 0.3) is 10.7 Å². The molecule has 0 saturated heterocycles. The Labute approximate surface area is 172 Å². The van der Waals surface area contributed by atoms with Crippen LogP contribution in [0.4, 0.5) is 0 Å². The smallest absolute Gasteiger partial charge is 0.222 e. The Balaban J connectivity index is 1.55. The Bertz CT molecular complexity index is 949. The van der Waals surface area contributed by atoms with Crippen LogP contribution in [0.5, 0.6) is 5.88 Å². The summed E-state index contributed by atoms with van der Waals surface area (Å²) in [5.41, 5.74) is 0.867. The third-order valence-electron chi connectivity index (χ3n) is 4.12. The molecule has 3 rings (SSSR count). The third-order valence-corrected chi connectivity index (χ3v) is 5.30. The van der Waals surface area contributed by atoms with E-state index in [-0.39, 0.29) is 5.91 Å². The summed E-state index contributed by atoms with van der Waals surface area (Å²) >= 11 is 6.88. The molecule has 0 aliphatic carbocycles. The fourth-order valence-electron chi connectivity index (χ4n) is 2.62. The molecule has 0 aliphatic rings. The molecule has 0 spiro atoms. The average molecular weight is 418 g/mol. The first-order chi connectivity index (χ1) is 13.7. The van der Waals surface area contributed by atoms with Gasteiger partial charge in [0.2, 0.25) is 11.8 Å². The molecular weight excluding hydrogens is 394 g/mol. The minimum atomic E-state index is -0.0661. The lowest BCUT2D eigenvalue weighted by atomic mass is 10.2. The Kier molecular flexibility index (Phi) is 7.32. The molecule has 0 atom stereocenters. The van der Waals surface area contributed by atoms with Gasteiger partial charge in [0.05, 0.1) is 11.5 Å². The van der Waals surface area contributed by atoms with Crippen molar-refractivity contribution in [2.24, 2.45) is 0 Å². The van der Waals surface area contributed by atoms with Gasteiger partial charge in [-0.3, -0.25) is 14.5 Å². The maximum absolute atomic E-state index is 12.3. The Morgan fingerprint density at radius 2 is 2.29 bits per heavy atom. The predicted molar refractivity (Wildman–Crippen MR) is 112 cm³/mol. The highest BCUT2D eigenvalue weighted by Crippen LogP contribution is 2.23. The second-order valence-electron chi connectivity index (χ2n) is 6.18. The number of nitrogens with one attached hydrogen (secondary N) is 2. The van der Waals surface area contributed by atoms with E-state index in [0.717, 1.165) is 29.1 Å². The Morgan fingerprint density at radius 1 is 1.39 bits per heavy atom. The first kappa shape index (κ1) is 20.2. The number of carbonyl (C=O) groups excluding carboxylic acids is 1. The van der Waals surface area contributed by atoms with E-state index in [0.29, 0.717) is 36.8 Å². The summed E-state index contributed by atoms with van der Waals surface area (Å²) in [6.07, 6.45) is 4.03. The van der Waals surface area contributed by atoms with Crippen molar-refractivity contribution in [1.29, 1.82) is 0 Å². The summed E-state index contributed by atoms with van der Waals surface area (Å²) < 4.78 is 8.07. The van der Waals surface area contributed by atoms with Crippen molar-refractivity contribution in [3.63, 3.8) is 0 Å². The summed E-state index contributed by atoms with van der Waals surface area (Å²) in [4.78, 5) is 17.6.